The van der Waals surface area contributed by atoms with E-state index in [-0.39, 0.29) is 31.0 Å². The van der Waals surface area contributed by atoms with Crippen molar-refractivity contribution in [3.8, 4) is 0 Å². The van der Waals surface area contributed by atoms with E-state index in [1.807, 2.05) is 20.9 Å². The normalized spacial score (nSPS) is 41.2. The van der Waals surface area contributed by atoms with Gasteiger partial charge in [0.05, 0.1) is 19.3 Å². The van der Waals surface area contributed by atoms with Crippen molar-refractivity contribution in [2.75, 3.05) is 20.3 Å². The summed E-state index contributed by atoms with van der Waals surface area (Å²) < 4.78 is 17.3. The summed E-state index contributed by atoms with van der Waals surface area (Å²) in [6, 6.07) is 0.260. The van der Waals surface area contributed by atoms with E-state index in [1.165, 1.54) is 0 Å². The fourth-order valence-corrected chi connectivity index (χ4v) is 2.58. The Hall–Kier alpha value is -0.200. The highest BCUT2D eigenvalue weighted by atomic mass is 16.8. The smallest absolute Gasteiger partial charge is 0.163 e. The number of rotatable bonds is 4. The van der Waals surface area contributed by atoms with Crippen LogP contribution in [0.1, 0.15) is 20.3 Å². The molecule has 1 saturated heterocycles. The molecule has 0 unspecified atom stereocenters. The van der Waals surface area contributed by atoms with E-state index >= 15 is 0 Å². The van der Waals surface area contributed by atoms with Crippen molar-refractivity contribution < 1.29 is 19.3 Å². The molecule has 2 aliphatic rings. The molecule has 5 heteroatoms. The molecular weight excluding hydrogens is 210 g/mol. The first-order valence-corrected chi connectivity index (χ1v) is 5.83. The molecule has 5 nitrogen and oxygen atoms in total. The lowest BCUT2D eigenvalue weighted by atomic mass is 10.2. The van der Waals surface area contributed by atoms with Gasteiger partial charge in [-0.25, -0.2) is 0 Å². The van der Waals surface area contributed by atoms with E-state index in [9.17, 15) is 0 Å². The fourth-order valence-electron chi connectivity index (χ4n) is 2.58. The molecule has 1 saturated carbocycles. The maximum Gasteiger partial charge on any atom is 0.163 e. The van der Waals surface area contributed by atoms with Crippen LogP contribution in [0.25, 0.3) is 0 Å². The molecule has 16 heavy (non-hydrogen) atoms. The van der Waals surface area contributed by atoms with E-state index in [0.717, 1.165) is 6.42 Å². The number of likely N-dealkylation sites (N-methyl/N-ethyl adjacent to an activating group) is 1. The van der Waals surface area contributed by atoms with Gasteiger partial charge < -0.3 is 24.6 Å². The molecule has 1 aliphatic carbocycles. The summed E-state index contributed by atoms with van der Waals surface area (Å²) in [6.45, 7) is 4.23. The number of fused-ring (bicyclic) bond motifs is 1. The molecule has 2 N–H and O–H groups in total. The number of ether oxygens (including phenoxy) is 3. The average Bonchev–Trinajstić information content (AvgIpc) is 2.69. The second kappa shape index (κ2) is 4.58. The zero-order valence-electron chi connectivity index (χ0n) is 10.1. The topological polar surface area (TPSA) is 60.0 Å². The Morgan fingerprint density at radius 1 is 1.38 bits per heavy atom. The summed E-state index contributed by atoms with van der Waals surface area (Å²) in [5.41, 5.74) is 0. The Labute approximate surface area is 96.1 Å². The lowest BCUT2D eigenvalue weighted by Gasteiger charge is -2.23. The zero-order chi connectivity index (χ0) is 11.8. The Morgan fingerprint density at radius 3 is 2.69 bits per heavy atom. The maximum atomic E-state index is 8.78. The number of hydrogen-bond acceptors (Lipinski definition) is 5. The molecule has 2 fully saturated rings. The molecule has 0 aromatic heterocycles. The second-order valence-electron chi connectivity index (χ2n) is 4.83. The third kappa shape index (κ3) is 2.24. The van der Waals surface area contributed by atoms with E-state index < -0.39 is 5.79 Å². The van der Waals surface area contributed by atoms with Gasteiger partial charge in [-0.1, -0.05) is 0 Å². The zero-order valence-corrected chi connectivity index (χ0v) is 10.1. The van der Waals surface area contributed by atoms with Crippen molar-refractivity contribution >= 4 is 0 Å². The van der Waals surface area contributed by atoms with Crippen LogP contribution in [0.15, 0.2) is 0 Å². The number of nitrogens with one attached hydrogen (secondary N) is 1. The highest BCUT2D eigenvalue weighted by Crippen LogP contribution is 2.39. The number of hydrogen-bond donors (Lipinski definition) is 2. The minimum Gasteiger partial charge on any atom is -0.394 e. The van der Waals surface area contributed by atoms with Gasteiger partial charge in [-0.2, -0.15) is 0 Å². The van der Waals surface area contributed by atoms with Crippen molar-refractivity contribution in [3.63, 3.8) is 0 Å². The monoisotopic (exact) mass is 231 g/mol. The van der Waals surface area contributed by atoms with Gasteiger partial charge in [0.2, 0.25) is 0 Å². The Kier molecular flexibility index (Phi) is 3.51. The van der Waals surface area contributed by atoms with Gasteiger partial charge >= 0.3 is 0 Å². The van der Waals surface area contributed by atoms with Gasteiger partial charge in [0.1, 0.15) is 12.2 Å². The number of aliphatic hydroxyl groups excluding tert-OH is 1. The van der Waals surface area contributed by atoms with Crippen LogP contribution in [0.2, 0.25) is 0 Å². The first-order valence-electron chi connectivity index (χ1n) is 5.83. The lowest BCUT2D eigenvalue weighted by Crippen LogP contribution is -2.37. The van der Waals surface area contributed by atoms with Crippen LogP contribution < -0.4 is 5.32 Å². The van der Waals surface area contributed by atoms with Crippen LogP contribution in [-0.4, -0.2) is 55.5 Å². The molecule has 94 valence electrons. The van der Waals surface area contributed by atoms with E-state index in [4.69, 9.17) is 19.3 Å². The highest BCUT2D eigenvalue weighted by molar-refractivity contribution is 5.02. The van der Waals surface area contributed by atoms with Crippen LogP contribution in [0, 0.1) is 0 Å². The summed E-state index contributed by atoms with van der Waals surface area (Å²) >= 11 is 0. The largest absolute Gasteiger partial charge is 0.394 e. The molecule has 0 spiro atoms. The molecule has 0 bridgehead atoms. The predicted octanol–water partition coefficient (Wildman–Crippen LogP) is -0.124. The maximum absolute atomic E-state index is 8.78. The first kappa shape index (κ1) is 12.3. The van der Waals surface area contributed by atoms with Gasteiger partial charge in [0, 0.05) is 6.04 Å². The SMILES string of the molecule is CN[C@H]1C[C@@H](OCCO)[C@@H]2OC(C)(C)O[C@@H]21. The third-order valence-corrected chi connectivity index (χ3v) is 3.21. The molecular formula is C11H21NO4. The standard InChI is InChI=1S/C11H21NO4/c1-11(2)15-9-7(12-3)6-8(10(9)16-11)14-5-4-13/h7-10,12-13H,4-6H2,1-3H3/t7-,8+,9+,10-/m0/s1. The quantitative estimate of drug-likeness (QED) is 0.706. The second-order valence-corrected chi connectivity index (χ2v) is 4.83. The molecule has 4 atom stereocenters. The van der Waals surface area contributed by atoms with Crippen LogP contribution in [0.5, 0.6) is 0 Å². The van der Waals surface area contributed by atoms with Gasteiger partial charge in [0.15, 0.2) is 5.79 Å². The lowest BCUT2D eigenvalue weighted by molar-refractivity contribution is -0.169. The number of aliphatic hydroxyl groups is 1. The van der Waals surface area contributed by atoms with Gasteiger partial charge in [-0.05, 0) is 27.3 Å². The third-order valence-electron chi connectivity index (χ3n) is 3.21. The summed E-state index contributed by atoms with van der Waals surface area (Å²) in [5.74, 6) is -0.536. The summed E-state index contributed by atoms with van der Waals surface area (Å²) in [5, 5.41) is 12.0. The predicted molar refractivity (Wildman–Crippen MR) is 58.1 cm³/mol. The van der Waals surface area contributed by atoms with Crippen LogP contribution in [0.4, 0.5) is 0 Å². The van der Waals surface area contributed by atoms with Crippen LogP contribution >= 0.6 is 0 Å². The summed E-state index contributed by atoms with van der Waals surface area (Å²) in [6.07, 6.45) is 0.890. The van der Waals surface area contributed by atoms with E-state index in [2.05, 4.69) is 5.32 Å². The first-order chi connectivity index (χ1) is 7.57. The fraction of sp³-hybridized carbons (Fsp3) is 1.00. The minimum absolute atomic E-state index is 0.0105. The van der Waals surface area contributed by atoms with E-state index in [0.29, 0.717) is 6.61 Å². The van der Waals surface area contributed by atoms with Crippen molar-refractivity contribution in [2.45, 2.75) is 50.4 Å². The highest BCUT2D eigenvalue weighted by Gasteiger charge is 2.54. The molecule has 0 aromatic rings. The summed E-state index contributed by atoms with van der Waals surface area (Å²) in [4.78, 5) is 0. The molecule has 1 heterocycles. The van der Waals surface area contributed by atoms with Gasteiger partial charge in [0.25, 0.3) is 0 Å². The Balaban J connectivity index is 2.02. The molecule has 1 aliphatic heterocycles. The molecule has 0 aromatic carbocycles. The van der Waals surface area contributed by atoms with Gasteiger partial charge in [-0.3, -0.25) is 0 Å². The van der Waals surface area contributed by atoms with Gasteiger partial charge in [-0.15, -0.1) is 0 Å². The van der Waals surface area contributed by atoms with Crippen molar-refractivity contribution in [1.29, 1.82) is 0 Å². The average molecular weight is 231 g/mol. The molecule has 2 rings (SSSR count). The Morgan fingerprint density at radius 2 is 2.06 bits per heavy atom. The minimum atomic E-state index is -0.536. The van der Waals surface area contributed by atoms with E-state index in [1.54, 1.807) is 0 Å². The van der Waals surface area contributed by atoms with Crippen LogP contribution in [-0.2, 0) is 14.2 Å². The van der Waals surface area contributed by atoms with Crippen LogP contribution in [0.3, 0.4) is 0 Å². The van der Waals surface area contributed by atoms with Crippen molar-refractivity contribution in [1.82, 2.24) is 5.32 Å². The molecule has 0 amide bonds. The summed E-state index contributed by atoms with van der Waals surface area (Å²) in [7, 11) is 1.92. The Bertz CT molecular complexity index is 246. The van der Waals surface area contributed by atoms with Crippen molar-refractivity contribution in [2.24, 2.45) is 0 Å². The molecule has 0 radical (unpaired) electrons. The van der Waals surface area contributed by atoms with Crippen molar-refractivity contribution in [3.05, 3.63) is 0 Å².